The third kappa shape index (κ3) is 3.61. The molecule has 1 aromatic rings. The Labute approximate surface area is 156 Å². The Morgan fingerprint density at radius 1 is 1.52 bits per heavy atom. The molecule has 0 aliphatic carbocycles. The van der Waals surface area contributed by atoms with Gasteiger partial charge < -0.3 is 21.1 Å². The molecule has 2 aliphatic heterocycles. The number of carbonyl (C=O) groups excluding carboxylic acids is 2. The van der Waals surface area contributed by atoms with E-state index in [1.54, 1.807) is 4.90 Å². The van der Waals surface area contributed by atoms with E-state index in [0.717, 1.165) is 0 Å². The fraction of sp³-hybridized carbons (Fsp3) is 0.615. The van der Waals surface area contributed by atoms with Crippen molar-refractivity contribution in [1.29, 1.82) is 0 Å². The van der Waals surface area contributed by atoms with Crippen LogP contribution in [0.2, 0.25) is 0 Å². The summed E-state index contributed by atoms with van der Waals surface area (Å²) in [7, 11) is 0. The highest BCUT2D eigenvalue weighted by atomic mass is 32.2. The molecule has 2 unspecified atom stereocenters. The first-order valence-electron chi connectivity index (χ1n) is 7.43. The molecular weight excluding hydrogens is 386 g/mol. The molecule has 25 heavy (non-hydrogen) atoms. The molecule has 136 valence electrons. The number of nitrogens with one attached hydrogen (secondary N) is 1. The number of aromatic nitrogens is 2. The molecule has 3 atom stereocenters. The molecule has 12 heteroatoms. The van der Waals surface area contributed by atoms with Crippen LogP contribution in [0.15, 0.2) is 4.34 Å². The van der Waals surface area contributed by atoms with Crippen molar-refractivity contribution in [2.75, 3.05) is 18.1 Å². The van der Waals surface area contributed by atoms with Crippen molar-refractivity contribution in [3.05, 3.63) is 5.01 Å². The zero-order valence-corrected chi connectivity index (χ0v) is 15.7. The van der Waals surface area contributed by atoms with Crippen molar-refractivity contribution in [2.24, 2.45) is 11.1 Å². The van der Waals surface area contributed by atoms with E-state index in [2.05, 4.69) is 15.5 Å². The van der Waals surface area contributed by atoms with Gasteiger partial charge in [0.25, 0.3) is 0 Å². The number of nitrogens with zero attached hydrogens (tertiary/aromatic N) is 3. The van der Waals surface area contributed by atoms with Crippen LogP contribution >= 0.6 is 34.9 Å². The van der Waals surface area contributed by atoms with Gasteiger partial charge in [0.15, 0.2) is 4.34 Å². The number of carboxylic acids is 1. The van der Waals surface area contributed by atoms with E-state index in [1.165, 1.54) is 41.8 Å². The van der Waals surface area contributed by atoms with Gasteiger partial charge in [-0.15, -0.1) is 22.0 Å². The first kappa shape index (κ1) is 18.4. The Balaban J connectivity index is 1.62. The summed E-state index contributed by atoms with van der Waals surface area (Å²) in [6, 6.07) is -0.524. The monoisotopic (exact) mass is 403 g/mol. The molecule has 2 aliphatic rings. The average molecular weight is 404 g/mol. The maximum Gasteiger partial charge on any atom is 0.313 e. The second kappa shape index (κ2) is 7.09. The lowest BCUT2D eigenvalue weighted by molar-refractivity contribution is -0.155. The van der Waals surface area contributed by atoms with Crippen molar-refractivity contribution < 1.29 is 19.5 Å². The quantitative estimate of drug-likeness (QED) is 0.427. The van der Waals surface area contributed by atoms with E-state index in [-0.39, 0.29) is 29.5 Å². The lowest BCUT2D eigenvalue weighted by atomic mass is 9.89. The van der Waals surface area contributed by atoms with E-state index < -0.39 is 17.4 Å². The molecule has 0 bridgehead atoms. The number of carboxylic acid groups (broad SMARTS) is 1. The lowest BCUT2D eigenvalue weighted by Gasteiger charge is -2.52. The second-order valence-electron chi connectivity index (χ2n) is 5.94. The zero-order chi connectivity index (χ0) is 18.2. The summed E-state index contributed by atoms with van der Waals surface area (Å²) in [5, 5.41) is 20.9. The van der Waals surface area contributed by atoms with E-state index in [9.17, 15) is 19.5 Å². The summed E-state index contributed by atoms with van der Waals surface area (Å²) in [6.45, 7) is 1.89. The van der Waals surface area contributed by atoms with Gasteiger partial charge in [-0.3, -0.25) is 14.4 Å². The molecular formula is C13H17N5O4S3. The number of amides is 2. The van der Waals surface area contributed by atoms with Gasteiger partial charge >= 0.3 is 5.97 Å². The normalized spacial score (nSPS) is 28.2. The van der Waals surface area contributed by atoms with Crippen molar-refractivity contribution >= 4 is 52.6 Å². The number of aliphatic carboxylic acids is 1. The number of carbonyl (C=O) groups is 3. The van der Waals surface area contributed by atoms with Crippen LogP contribution in [0.1, 0.15) is 11.9 Å². The molecule has 9 nitrogen and oxygen atoms in total. The van der Waals surface area contributed by atoms with E-state index in [0.29, 0.717) is 21.6 Å². The predicted octanol–water partition coefficient (Wildman–Crippen LogP) is -0.420. The van der Waals surface area contributed by atoms with Crippen LogP contribution in [0, 0.1) is 5.41 Å². The number of rotatable bonds is 6. The van der Waals surface area contributed by atoms with Crippen molar-refractivity contribution in [3.8, 4) is 0 Å². The zero-order valence-electron chi connectivity index (χ0n) is 13.3. The summed E-state index contributed by atoms with van der Waals surface area (Å²) in [4.78, 5) is 36.2. The number of nitrogens with two attached hydrogens (primary N) is 1. The maximum absolute atomic E-state index is 11.9. The summed E-state index contributed by atoms with van der Waals surface area (Å²) in [6.07, 6.45) is 0. The van der Waals surface area contributed by atoms with E-state index >= 15 is 0 Å². The lowest BCUT2D eigenvalue weighted by Crippen LogP contribution is -2.72. The van der Waals surface area contributed by atoms with Crippen LogP contribution in [0.5, 0.6) is 0 Å². The number of hydrogen-bond acceptors (Lipinski definition) is 9. The molecule has 0 radical (unpaired) electrons. The van der Waals surface area contributed by atoms with E-state index in [4.69, 9.17) is 5.73 Å². The Kier molecular flexibility index (Phi) is 5.23. The first-order chi connectivity index (χ1) is 11.8. The molecule has 0 saturated carbocycles. The minimum Gasteiger partial charge on any atom is -0.481 e. The second-order valence-corrected chi connectivity index (χ2v) is 9.33. The van der Waals surface area contributed by atoms with Crippen LogP contribution in [-0.2, 0) is 20.9 Å². The molecule has 0 aromatic carbocycles. The fourth-order valence-corrected chi connectivity index (χ4v) is 6.22. The van der Waals surface area contributed by atoms with Crippen LogP contribution < -0.4 is 11.1 Å². The smallest absolute Gasteiger partial charge is 0.313 e. The molecule has 4 N–H and O–H groups in total. The standard InChI is InChI=1S/C13H17N5O4S3/c1-6(19)15-2-7-16-17-12(25-7)24-5-13(11(21)22)3-18-9(20)8(14)10(18)23-4-13/h8,10H,2-5,14H2,1H3,(H,15,19)(H,21,22)/t8?,10-,13?/m1/s1. The summed E-state index contributed by atoms with van der Waals surface area (Å²) in [5.74, 6) is -0.589. The van der Waals surface area contributed by atoms with Gasteiger partial charge in [-0.1, -0.05) is 23.1 Å². The van der Waals surface area contributed by atoms with E-state index in [1.807, 2.05) is 0 Å². The summed E-state index contributed by atoms with van der Waals surface area (Å²) < 4.78 is 0.639. The van der Waals surface area contributed by atoms with Gasteiger partial charge in [-0.2, -0.15) is 0 Å². The Morgan fingerprint density at radius 2 is 2.28 bits per heavy atom. The Hall–Kier alpha value is -1.37. The number of fused-ring (bicyclic) bond motifs is 1. The molecule has 2 saturated heterocycles. The van der Waals surface area contributed by atoms with Crippen LogP contribution in [0.3, 0.4) is 0 Å². The Bertz CT molecular complexity index is 714. The van der Waals surface area contributed by atoms with Gasteiger partial charge in [0, 0.05) is 25.0 Å². The summed E-state index contributed by atoms with van der Waals surface area (Å²) >= 11 is 4.04. The van der Waals surface area contributed by atoms with Crippen LogP contribution in [0.4, 0.5) is 0 Å². The minimum absolute atomic E-state index is 0.115. The largest absolute Gasteiger partial charge is 0.481 e. The molecule has 1 aromatic heterocycles. The third-order valence-electron chi connectivity index (χ3n) is 4.05. The number of hydrogen-bond donors (Lipinski definition) is 3. The van der Waals surface area contributed by atoms with Gasteiger partial charge in [-0.05, 0) is 0 Å². The molecule has 2 amide bonds. The van der Waals surface area contributed by atoms with Crippen LogP contribution in [-0.4, -0.2) is 67.5 Å². The highest BCUT2D eigenvalue weighted by Gasteiger charge is 2.55. The van der Waals surface area contributed by atoms with Gasteiger partial charge in [0.05, 0.1) is 6.54 Å². The number of β-lactam (4-membered cyclic amide) rings is 1. The topological polar surface area (TPSA) is 139 Å². The van der Waals surface area contributed by atoms with Gasteiger partial charge in [0.2, 0.25) is 11.8 Å². The SMILES string of the molecule is CC(=O)NCc1nnc(SCC2(C(=O)O)CS[C@@H]3C(N)C(=O)N3C2)s1. The van der Waals surface area contributed by atoms with Gasteiger partial charge in [-0.25, -0.2) is 0 Å². The maximum atomic E-state index is 11.9. The number of thioether (sulfide) groups is 2. The Morgan fingerprint density at radius 3 is 2.96 bits per heavy atom. The molecule has 0 spiro atoms. The summed E-state index contributed by atoms with van der Waals surface area (Å²) in [5.41, 5.74) is 4.71. The fourth-order valence-electron chi connectivity index (χ4n) is 2.58. The minimum atomic E-state index is -1.04. The first-order valence-corrected chi connectivity index (χ1v) is 10.3. The molecule has 3 heterocycles. The third-order valence-corrected chi connectivity index (χ3v) is 8.00. The average Bonchev–Trinajstić information content (AvgIpc) is 3.05. The van der Waals surface area contributed by atoms with Crippen molar-refractivity contribution in [2.45, 2.75) is 29.2 Å². The van der Waals surface area contributed by atoms with Crippen molar-refractivity contribution in [1.82, 2.24) is 20.4 Å². The highest BCUT2D eigenvalue weighted by molar-refractivity contribution is 8.01. The highest BCUT2D eigenvalue weighted by Crippen LogP contribution is 2.44. The van der Waals surface area contributed by atoms with Crippen molar-refractivity contribution in [3.63, 3.8) is 0 Å². The predicted molar refractivity (Wildman–Crippen MR) is 94.2 cm³/mol. The van der Waals surface area contributed by atoms with Gasteiger partial charge in [0.1, 0.15) is 21.8 Å². The molecule has 3 rings (SSSR count). The molecule has 2 fully saturated rings. The van der Waals surface area contributed by atoms with Crippen LogP contribution in [0.25, 0.3) is 0 Å².